The van der Waals surface area contributed by atoms with Gasteiger partial charge in [-0.3, -0.25) is 4.79 Å². The zero-order valence-electron chi connectivity index (χ0n) is 12.2. The number of carbonyl (C=O) groups is 1. The Kier molecular flexibility index (Phi) is 3.52. The number of benzene rings is 1. The van der Waals surface area contributed by atoms with Gasteiger partial charge in [-0.15, -0.1) is 0 Å². The molecule has 1 aromatic rings. The summed E-state index contributed by atoms with van der Waals surface area (Å²) < 4.78 is 5.67. The Balaban J connectivity index is 1.91. The highest BCUT2D eigenvalue weighted by Gasteiger charge is 2.45. The third-order valence-corrected chi connectivity index (χ3v) is 4.65. The summed E-state index contributed by atoms with van der Waals surface area (Å²) in [6, 6.07) is 8.20. The van der Waals surface area contributed by atoms with Crippen LogP contribution in [0.4, 0.5) is 5.69 Å². The maximum Gasteiger partial charge on any atom is 0.259 e. The molecule has 1 unspecified atom stereocenters. The second kappa shape index (κ2) is 5.19. The van der Waals surface area contributed by atoms with E-state index in [1.807, 2.05) is 23.1 Å². The van der Waals surface area contributed by atoms with E-state index >= 15 is 0 Å². The van der Waals surface area contributed by atoms with Crippen LogP contribution in [-0.4, -0.2) is 38.3 Å². The van der Waals surface area contributed by atoms with Crippen LogP contribution in [0, 0.1) is 0 Å². The highest BCUT2D eigenvalue weighted by molar-refractivity contribution is 6.01. The number of fused-ring (bicyclic) bond motifs is 1. The van der Waals surface area contributed by atoms with Crippen molar-refractivity contribution >= 4 is 11.6 Å². The molecule has 1 amide bonds. The largest absolute Gasteiger partial charge is 0.368 e. The fourth-order valence-electron chi connectivity index (χ4n) is 3.39. The Bertz CT molecular complexity index is 509. The molecule has 0 saturated carbocycles. The second-order valence-corrected chi connectivity index (χ2v) is 5.82. The summed E-state index contributed by atoms with van der Waals surface area (Å²) in [5.41, 5.74) is 1.67. The lowest BCUT2D eigenvalue weighted by Crippen LogP contribution is -2.55. The number of hydrogen-bond donors (Lipinski definition) is 1. The first-order valence-corrected chi connectivity index (χ1v) is 7.35. The lowest BCUT2D eigenvalue weighted by atomic mass is 9.90. The van der Waals surface area contributed by atoms with Gasteiger partial charge in [0.1, 0.15) is 5.60 Å². The maximum atomic E-state index is 13.0. The zero-order chi connectivity index (χ0) is 14.2. The molecule has 4 heteroatoms. The monoisotopic (exact) mass is 274 g/mol. The number of nitrogens with zero attached hydrogens (tertiary/aromatic N) is 1. The number of hydrogen-bond acceptors (Lipinski definition) is 3. The van der Waals surface area contributed by atoms with Crippen molar-refractivity contribution in [2.45, 2.75) is 31.3 Å². The number of anilines is 1. The number of methoxy groups -OCH3 is 1. The third kappa shape index (κ3) is 2.03. The number of nitrogens with one attached hydrogen (secondary N) is 1. The highest BCUT2D eigenvalue weighted by atomic mass is 16.5. The Morgan fingerprint density at radius 3 is 2.75 bits per heavy atom. The maximum absolute atomic E-state index is 13.0. The van der Waals surface area contributed by atoms with E-state index in [4.69, 9.17) is 4.74 Å². The molecule has 1 N–H and O–H groups in total. The predicted octanol–water partition coefficient (Wildman–Crippen LogP) is 1.91. The smallest absolute Gasteiger partial charge is 0.259 e. The quantitative estimate of drug-likeness (QED) is 0.895. The molecule has 4 nitrogen and oxygen atoms in total. The van der Waals surface area contributed by atoms with E-state index in [9.17, 15) is 4.79 Å². The lowest BCUT2D eigenvalue weighted by molar-refractivity contribution is -0.143. The number of ether oxygens (including phenoxy) is 1. The van der Waals surface area contributed by atoms with E-state index in [1.54, 1.807) is 7.11 Å². The Morgan fingerprint density at radius 1 is 1.35 bits per heavy atom. The van der Waals surface area contributed by atoms with Crippen molar-refractivity contribution in [2.24, 2.45) is 0 Å². The summed E-state index contributed by atoms with van der Waals surface area (Å²) in [5, 5.41) is 3.30. The minimum absolute atomic E-state index is 0.123. The fourth-order valence-corrected chi connectivity index (χ4v) is 3.39. The molecule has 20 heavy (non-hydrogen) atoms. The van der Waals surface area contributed by atoms with Crippen molar-refractivity contribution in [3.8, 4) is 0 Å². The van der Waals surface area contributed by atoms with Crippen LogP contribution in [0.2, 0.25) is 0 Å². The molecular weight excluding hydrogens is 252 g/mol. The Morgan fingerprint density at radius 2 is 2.05 bits per heavy atom. The molecule has 3 rings (SSSR count). The van der Waals surface area contributed by atoms with Gasteiger partial charge in [0.15, 0.2) is 0 Å². The van der Waals surface area contributed by atoms with E-state index in [0.717, 1.165) is 38.2 Å². The number of piperidine rings is 1. The van der Waals surface area contributed by atoms with Crippen LogP contribution in [0.1, 0.15) is 31.2 Å². The predicted molar refractivity (Wildman–Crippen MR) is 79.1 cm³/mol. The van der Waals surface area contributed by atoms with Gasteiger partial charge in [-0.05, 0) is 37.6 Å². The van der Waals surface area contributed by atoms with Crippen LogP contribution in [-0.2, 0) is 9.53 Å². The van der Waals surface area contributed by atoms with Gasteiger partial charge in [0, 0.05) is 25.3 Å². The van der Waals surface area contributed by atoms with Crippen LogP contribution < -0.4 is 10.2 Å². The van der Waals surface area contributed by atoms with E-state index < -0.39 is 5.60 Å². The summed E-state index contributed by atoms with van der Waals surface area (Å²) in [7, 11) is 1.66. The summed E-state index contributed by atoms with van der Waals surface area (Å²) >= 11 is 0. The molecule has 2 heterocycles. The van der Waals surface area contributed by atoms with E-state index in [2.05, 4.69) is 18.3 Å². The van der Waals surface area contributed by atoms with Gasteiger partial charge in [-0.2, -0.15) is 0 Å². The van der Waals surface area contributed by atoms with E-state index in [1.165, 1.54) is 5.56 Å². The molecule has 108 valence electrons. The first-order chi connectivity index (χ1) is 9.68. The Hall–Kier alpha value is -1.39. The van der Waals surface area contributed by atoms with Crippen LogP contribution in [0.3, 0.4) is 0 Å². The molecule has 1 aromatic carbocycles. The van der Waals surface area contributed by atoms with Crippen LogP contribution in [0.5, 0.6) is 0 Å². The molecule has 2 aliphatic rings. The molecule has 0 bridgehead atoms. The second-order valence-electron chi connectivity index (χ2n) is 5.82. The molecule has 2 aliphatic heterocycles. The van der Waals surface area contributed by atoms with Gasteiger partial charge in [0.25, 0.3) is 5.91 Å². The molecular formula is C16H22N2O2. The van der Waals surface area contributed by atoms with Gasteiger partial charge in [0.2, 0.25) is 0 Å². The molecule has 1 atom stereocenters. The van der Waals surface area contributed by atoms with E-state index in [0.29, 0.717) is 5.92 Å². The SMILES string of the molecule is COC1(C(=O)N2CC(C)c3ccccc32)CCNCC1. The van der Waals surface area contributed by atoms with Crippen molar-refractivity contribution in [2.75, 3.05) is 31.6 Å². The Labute approximate surface area is 120 Å². The average Bonchev–Trinajstić information content (AvgIpc) is 2.85. The molecule has 1 saturated heterocycles. The molecule has 0 radical (unpaired) electrons. The topological polar surface area (TPSA) is 41.6 Å². The standard InChI is InChI=1S/C16H22N2O2/c1-12-11-18(14-6-4-3-5-13(12)14)15(19)16(20-2)7-9-17-10-8-16/h3-6,12,17H,7-11H2,1-2H3. The first kappa shape index (κ1) is 13.6. The molecule has 0 aliphatic carbocycles. The summed E-state index contributed by atoms with van der Waals surface area (Å²) in [6.45, 7) is 4.61. The van der Waals surface area contributed by atoms with Gasteiger partial charge >= 0.3 is 0 Å². The number of para-hydroxylation sites is 1. The minimum atomic E-state index is -0.650. The van der Waals surface area contributed by atoms with Crippen LogP contribution in [0.15, 0.2) is 24.3 Å². The van der Waals surface area contributed by atoms with Crippen molar-refractivity contribution in [1.82, 2.24) is 5.32 Å². The fraction of sp³-hybridized carbons (Fsp3) is 0.562. The van der Waals surface area contributed by atoms with Gasteiger partial charge < -0.3 is 15.0 Å². The molecule has 0 aromatic heterocycles. The zero-order valence-corrected chi connectivity index (χ0v) is 12.2. The molecule has 1 fully saturated rings. The summed E-state index contributed by atoms with van der Waals surface area (Å²) in [5.74, 6) is 0.518. The van der Waals surface area contributed by atoms with Crippen molar-refractivity contribution in [3.05, 3.63) is 29.8 Å². The van der Waals surface area contributed by atoms with Gasteiger partial charge in [-0.1, -0.05) is 25.1 Å². The number of amides is 1. The highest BCUT2D eigenvalue weighted by Crippen LogP contribution is 2.38. The van der Waals surface area contributed by atoms with E-state index in [-0.39, 0.29) is 5.91 Å². The lowest BCUT2D eigenvalue weighted by Gasteiger charge is -2.37. The number of rotatable bonds is 2. The van der Waals surface area contributed by atoms with Crippen molar-refractivity contribution in [3.63, 3.8) is 0 Å². The first-order valence-electron chi connectivity index (χ1n) is 7.35. The van der Waals surface area contributed by atoms with Crippen molar-refractivity contribution < 1.29 is 9.53 Å². The minimum Gasteiger partial charge on any atom is -0.368 e. The third-order valence-electron chi connectivity index (χ3n) is 4.65. The molecule has 0 spiro atoms. The summed E-state index contributed by atoms with van der Waals surface area (Å²) in [4.78, 5) is 15.0. The normalized spacial score (nSPS) is 24.5. The van der Waals surface area contributed by atoms with Crippen LogP contribution >= 0.6 is 0 Å². The average molecular weight is 274 g/mol. The van der Waals surface area contributed by atoms with Crippen molar-refractivity contribution in [1.29, 1.82) is 0 Å². The number of carbonyl (C=O) groups excluding carboxylic acids is 1. The van der Waals surface area contributed by atoms with Gasteiger partial charge in [0.05, 0.1) is 0 Å². The van der Waals surface area contributed by atoms with Gasteiger partial charge in [-0.25, -0.2) is 0 Å². The summed E-state index contributed by atoms with van der Waals surface area (Å²) in [6.07, 6.45) is 1.49. The van der Waals surface area contributed by atoms with Crippen LogP contribution in [0.25, 0.3) is 0 Å².